The van der Waals surface area contributed by atoms with Gasteiger partial charge in [-0.25, -0.2) is 4.98 Å². The zero-order chi connectivity index (χ0) is 23.2. The quantitative estimate of drug-likeness (QED) is 0.614. The van der Waals surface area contributed by atoms with E-state index in [-0.39, 0.29) is 30.4 Å². The summed E-state index contributed by atoms with van der Waals surface area (Å²) in [6, 6.07) is 7.36. The van der Waals surface area contributed by atoms with Crippen LogP contribution in [0.1, 0.15) is 44.9 Å². The van der Waals surface area contributed by atoms with Gasteiger partial charge < -0.3 is 19.1 Å². The van der Waals surface area contributed by atoms with E-state index < -0.39 is 0 Å². The first kappa shape index (κ1) is 23.6. The maximum absolute atomic E-state index is 13.1. The number of carbonyl (C=O) groups excluding carboxylic acids is 2. The molecule has 2 aliphatic heterocycles. The Morgan fingerprint density at radius 3 is 2.70 bits per heavy atom. The summed E-state index contributed by atoms with van der Waals surface area (Å²) >= 11 is 6.14. The molecule has 0 spiro atoms. The zero-order valence-electron chi connectivity index (χ0n) is 19.3. The molecule has 0 bridgehead atoms. The van der Waals surface area contributed by atoms with E-state index >= 15 is 0 Å². The van der Waals surface area contributed by atoms with Gasteiger partial charge in [0.2, 0.25) is 11.8 Å². The first-order valence-electron chi connectivity index (χ1n) is 12.0. The van der Waals surface area contributed by atoms with Crippen LogP contribution >= 0.6 is 11.6 Å². The van der Waals surface area contributed by atoms with Gasteiger partial charge in [-0.1, -0.05) is 24.6 Å². The maximum Gasteiger partial charge on any atom is 0.242 e. The van der Waals surface area contributed by atoms with Gasteiger partial charge in [-0.3, -0.25) is 9.59 Å². The van der Waals surface area contributed by atoms with Crippen molar-refractivity contribution in [3.8, 4) is 5.75 Å². The largest absolute Gasteiger partial charge is 0.490 e. The molecule has 0 saturated carbocycles. The number of nitrogens with zero attached hydrogens (tertiary/aromatic N) is 4. The van der Waals surface area contributed by atoms with E-state index in [1.165, 1.54) is 6.42 Å². The van der Waals surface area contributed by atoms with Crippen molar-refractivity contribution in [3.05, 3.63) is 47.5 Å². The van der Waals surface area contributed by atoms with Crippen molar-refractivity contribution in [1.82, 2.24) is 19.4 Å². The number of piperidine rings is 2. The Bertz CT molecular complexity index is 957. The summed E-state index contributed by atoms with van der Waals surface area (Å²) < 4.78 is 8.21. The molecule has 2 saturated heterocycles. The molecule has 8 heteroatoms. The van der Waals surface area contributed by atoms with Crippen molar-refractivity contribution in [2.75, 3.05) is 26.2 Å². The summed E-state index contributed by atoms with van der Waals surface area (Å²) in [6.45, 7) is 5.08. The Labute approximate surface area is 200 Å². The molecule has 0 N–H and O–H groups in total. The van der Waals surface area contributed by atoms with Gasteiger partial charge in [-0.2, -0.15) is 0 Å². The molecule has 2 fully saturated rings. The van der Waals surface area contributed by atoms with Gasteiger partial charge in [0.25, 0.3) is 0 Å². The van der Waals surface area contributed by atoms with Crippen LogP contribution in [0.5, 0.6) is 5.75 Å². The number of benzene rings is 1. The van der Waals surface area contributed by atoms with Crippen LogP contribution in [0.15, 0.2) is 36.7 Å². The second-order valence-electron chi connectivity index (χ2n) is 8.97. The molecule has 4 rings (SSSR count). The highest BCUT2D eigenvalue weighted by molar-refractivity contribution is 6.30. The molecular formula is C25H33ClN4O3. The fourth-order valence-electron chi connectivity index (χ4n) is 4.84. The van der Waals surface area contributed by atoms with E-state index in [2.05, 4.69) is 4.98 Å². The summed E-state index contributed by atoms with van der Waals surface area (Å²) in [5.74, 6) is 1.76. The van der Waals surface area contributed by atoms with Crippen molar-refractivity contribution >= 4 is 23.4 Å². The van der Waals surface area contributed by atoms with E-state index in [0.29, 0.717) is 36.7 Å². The van der Waals surface area contributed by atoms with Crippen LogP contribution in [0.4, 0.5) is 0 Å². The van der Waals surface area contributed by atoms with Gasteiger partial charge in [0.1, 0.15) is 24.2 Å². The molecule has 0 unspecified atom stereocenters. The lowest BCUT2D eigenvalue weighted by Gasteiger charge is -2.39. The Kier molecular flexibility index (Phi) is 7.91. The van der Waals surface area contributed by atoms with Gasteiger partial charge in [0.05, 0.1) is 0 Å². The Hall–Kier alpha value is -2.54. The van der Waals surface area contributed by atoms with Gasteiger partial charge in [-0.15, -0.1) is 0 Å². The summed E-state index contributed by atoms with van der Waals surface area (Å²) in [7, 11) is 0. The number of imidazole rings is 1. The highest BCUT2D eigenvalue weighted by atomic mass is 35.5. The van der Waals surface area contributed by atoms with Crippen LogP contribution < -0.4 is 4.74 Å². The summed E-state index contributed by atoms with van der Waals surface area (Å²) in [6.07, 6.45) is 8.61. The zero-order valence-corrected chi connectivity index (χ0v) is 20.0. The van der Waals surface area contributed by atoms with Crippen molar-refractivity contribution in [3.63, 3.8) is 0 Å². The fraction of sp³-hybridized carbons (Fsp3) is 0.560. The first-order valence-corrected chi connectivity index (χ1v) is 12.4. The lowest BCUT2D eigenvalue weighted by molar-refractivity contribution is -0.140. The van der Waals surface area contributed by atoms with Crippen LogP contribution in [-0.4, -0.2) is 63.4 Å². The minimum Gasteiger partial charge on any atom is -0.490 e. The van der Waals surface area contributed by atoms with Gasteiger partial charge >= 0.3 is 0 Å². The van der Waals surface area contributed by atoms with E-state index in [9.17, 15) is 9.59 Å². The van der Waals surface area contributed by atoms with Crippen LogP contribution in [0.25, 0.3) is 0 Å². The number of carbonyl (C=O) groups is 2. The van der Waals surface area contributed by atoms with Gasteiger partial charge in [0.15, 0.2) is 0 Å². The molecule has 33 heavy (non-hydrogen) atoms. The summed E-state index contributed by atoms with van der Waals surface area (Å²) in [4.78, 5) is 34.3. The third kappa shape index (κ3) is 6.08. The predicted molar refractivity (Wildman–Crippen MR) is 127 cm³/mol. The number of hydrogen-bond donors (Lipinski definition) is 0. The Morgan fingerprint density at radius 2 is 1.94 bits per heavy atom. The topological polar surface area (TPSA) is 67.7 Å². The van der Waals surface area contributed by atoms with Gasteiger partial charge in [0, 0.05) is 68.8 Å². The number of aromatic nitrogens is 2. The molecular weight excluding hydrogens is 440 g/mol. The SMILES string of the molecule is CCc1nccn1CC(=O)N1CC[C@H](Oc2cccc(Cl)c2)[C@@H](CC(=O)N2CCCCC2)C1. The third-order valence-electron chi connectivity index (χ3n) is 6.67. The van der Waals surface area contributed by atoms with E-state index in [1.807, 2.05) is 45.7 Å². The Morgan fingerprint density at radius 1 is 1.12 bits per heavy atom. The van der Waals surface area contributed by atoms with Crippen molar-refractivity contribution < 1.29 is 14.3 Å². The number of ether oxygens (including phenoxy) is 1. The molecule has 1 aromatic heterocycles. The minimum atomic E-state index is -0.138. The van der Waals surface area contributed by atoms with Crippen molar-refractivity contribution in [2.24, 2.45) is 5.92 Å². The molecule has 2 aliphatic rings. The molecule has 178 valence electrons. The lowest BCUT2D eigenvalue weighted by atomic mass is 9.90. The molecule has 1 aromatic carbocycles. The van der Waals surface area contributed by atoms with Crippen LogP contribution in [-0.2, 0) is 22.6 Å². The predicted octanol–water partition coefficient (Wildman–Crippen LogP) is 3.80. The minimum absolute atomic E-state index is 0.0549. The second-order valence-corrected chi connectivity index (χ2v) is 9.41. The molecule has 2 aromatic rings. The monoisotopic (exact) mass is 472 g/mol. The van der Waals surface area contributed by atoms with Crippen molar-refractivity contribution in [1.29, 1.82) is 0 Å². The Balaban J connectivity index is 1.45. The smallest absolute Gasteiger partial charge is 0.242 e. The molecule has 3 heterocycles. The summed E-state index contributed by atoms with van der Waals surface area (Å²) in [5, 5.41) is 0.619. The highest BCUT2D eigenvalue weighted by Crippen LogP contribution is 2.28. The van der Waals surface area contributed by atoms with Crippen LogP contribution in [0.3, 0.4) is 0 Å². The van der Waals surface area contributed by atoms with Crippen LogP contribution in [0.2, 0.25) is 5.02 Å². The van der Waals surface area contributed by atoms with E-state index in [0.717, 1.165) is 38.2 Å². The number of hydrogen-bond acceptors (Lipinski definition) is 4. The number of halogens is 1. The van der Waals surface area contributed by atoms with Crippen molar-refractivity contribution in [2.45, 2.75) is 58.1 Å². The van der Waals surface area contributed by atoms with E-state index in [4.69, 9.17) is 16.3 Å². The molecule has 2 atom stereocenters. The maximum atomic E-state index is 13.1. The van der Waals surface area contributed by atoms with E-state index in [1.54, 1.807) is 12.3 Å². The average Bonchev–Trinajstić information content (AvgIpc) is 3.27. The van der Waals surface area contributed by atoms with Crippen LogP contribution in [0, 0.1) is 5.92 Å². The molecule has 2 amide bonds. The van der Waals surface area contributed by atoms with Gasteiger partial charge in [-0.05, 0) is 37.5 Å². The standard InChI is InChI=1S/C25H33ClN4O3/c1-2-23-27-10-14-29(23)18-25(32)30-13-9-22(33-21-8-6-7-20(26)16-21)19(17-30)15-24(31)28-11-4-3-5-12-28/h6-8,10,14,16,19,22H,2-5,9,11-13,15,17-18H2,1H3/t19-,22-/m0/s1. The number of aryl methyl sites for hydroxylation is 1. The number of amides is 2. The number of likely N-dealkylation sites (tertiary alicyclic amines) is 2. The third-order valence-corrected chi connectivity index (χ3v) is 6.90. The highest BCUT2D eigenvalue weighted by Gasteiger charge is 2.35. The first-order chi connectivity index (χ1) is 16.0. The normalized spacial score (nSPS) is 21.2. The molecule has 0 aliphatic carbocycles. The summed E-state index contributed by atoms with van der Waals surface area (Å²) in [5.41, 5.74) is 0. The molecule has 0 radical (unpaired) electrons. The molecule has 7 nitrogen and oxygen atoms in total. The fourth-order valence-corrected chi connectivity index (χ4v) is 5.02. The average molecular weight is 473 g/mol. The lowest BCUT2D eigenvalue weighted by Crippen LogP contribution is -2.50. The number of rotatable bonds is 7. The second kappa shape index (κ2) is 11.1.